The molecule has 0 bridgehead atoms. The Hall–Kier alpha value is -1.64. The van der Waals surface area contributed by atoms with Crippen molar-refractivity contribution in [3.63, 3.8) is 0 Å². The first kappa shape index (κ1) is 15.7. The first-order valence-corrected chi connectivity index (χ1v) is 8.32. The third-order valence-corrected chi connectivity index (χ3v) is 3.93. The minimum atomic E-state index is 0.607. The van der Waals surface area contributed by atoms with Crippen LogP contribution in [0.15, 0.2) is 24.3 Å². The van der Waals surface area contributed by atoms with Crippen molar-refractivity contribution in [1.29, 1.82) is 0 Å². The number of aromatic nitrogens is 2. The van der Waals surface area contributed by atoms with Crippen molar-refractivity contribution in [2.75, 3.05) is 5.73 Å². The molecule has 0 fully saturated rings. The normalized spacial score (nSPS) is 11.1. The maximum absolute atomic E-state index is 6.00. The van der Waals surface area contributed by atoms with E-state index >= 15 is 0 Å². The minimum absolute atomic E-state index is 0.607. The lowest BCUT2D eigenvalue weighted by molar-refractivity contribution is 0.572. The fourth-order valence-electron chi connectivity index (χ4n) is 2.68. The number of para-hydroxylation sites is 1. The minimum Gasteiger partial charge on any atom is -0.383 e. The summed E-state index contributed by atoms with van der Waals surface area (Å²) in [4.78, 5) is 9.03. The number of nitrogens with two attached hydrogens (primary N) is 1. The van der Waals surface area contributed by atoms with Crippen molar-refractivity contribution in [3.05, 3.63) is 30.1 Å². The summed E-state index contributed by atoms with van der Waals surface area (Å²) in [6.07, 6.45) is 11.5. The topological polar surface area (TPSA) is 51.8 Å². The van der Waals surface area contributed by atoms with Gasteiger partial charge in [0.1, 0.15) is 11.6 Å². The molecule has 0 aliphatic heterocycles. The molecular weight excluding hydrogens is 258 g/mol. The van der Waals surface area contributed by atoms with Crippen molar-refractivity contribution >= 4 is 16.7 Å². The molecule has 0 spiro atoms. The van der Waals surface area contributed by atoms with Crippen molar-refractivity contribution in [3.8, 4) is 0 Å². The Labute approximate surface area is 128 Å². The van der Waals surface area contributed by atoms with Crippen LogP contribution in [0, 0.1) is 0 Å². The molecule has 0 saturated carbocycles. The maximum Gasteiger partial charge on any atom is 0.135 e. The molecule has 3 nitrogen and oxygen atoms in total. The Morgan fingerprint density at radius 3 is 2.29 bits per heavy atom. The molecule has 2 N–H and O–H groups in total. The summed E-state index contributed by atoms with van der Waals surface area (Å²) in [5, 5.41) is 0.956. The third kappa shape index (κ3) is 5.00. The highest BCUT2D eigenvalue weighted by Gasteiger charge is 2.04. The van der Waals surface area contributed by atoms with Gasteiger partial charge >= 0.3 is 0 Å². The standard InChI is InChI=1S/C18H27N3/c1-2-3-4-5-6-7-8-9-14-17-20-16-13-11-10-12-15(16)18(19)21-17/h10-13H,2-9,14H2,1H3,(H2,19,20,21). The van der Waals surface area contributed by atoms with Crippen LogP contribution < -0.4 is 5.73 Å². The number of anilines is 1. The molecule has 0 amide bonds. The van der Waals surface area contributed by atoms with Gasteiger partial charge in [0.15, 0.2) is 0 Å². The summed E-state index contributed by atoms with van der Waals surface area (Å²) >= 11 is 0. The van der Waals surface area contributed by atoms with Gasteiger partial charge in [-0.1, -0.05) is 64.0 Å². The molecule has 0 saturated heterocycles. The lowest BCUT2D eigenvalue weighted by Gasteiger charge is -2.05. The van der Waals surface area contributed by atoms with Gasteiger partial charge in [0.05, 0.1) is 5.52 Å². The van der Waals surface area contributed by atoms with Crippen molar-refractivity contribution < 1.29 is 0 Å². The highest BCUT2D eigenvalue weighted by Crippen LogP contribution is 2.18. The number of unbranched alkanes of at least 4 members (excludes halogenated alkanes) is 7. The summed E-state index contributed by atoms with van der Waals surface area (Å²) in [6.45, 7) is 2.26. The van der Waals surface area contributed by atoms with Crippen LogP contribution in [0.5, 0.6) is 0 Å². The van der Waals surface area contributed by atoms with E-state index in [0.717, 1.165) is 29.6 Å². The van der Waals surface area contributed by atoms with Crippen molar-refractivity contribution in [2.45, 2.75) is 64.7 Å². The second-order valence-electron chi connectivity index (χ2n) is 5.77. The molecule has 21 heavy (non-hydrogen) atoms. The van der Waals surface area contributed by atoms with Crippen LogP contribution in [0.25, 0.3) is 10.9 Å². The predicted octanol–water partition coefficient (Wildman–Crippen LogP) is 4.90. The lowest BCUT2D eigenvalue weighted by atomic mass is 10.1. The fourth-order valence-corrected chi connectivity index (χ4v) is 2.68. The lowest BCUT2D eigenvalue weighted by Crippen LogP contribution is -2.01. The fraction of sp³-hybridized carbons (Fsp3) is 0.556. The number of nitrogen functional groups attached to an aromatic ring is 1. The van der Waals surface area contributed by atoms with Crippen molar-refractivity contribution in [1.82, 2.24) is 9.97 Å². The van der Waals surface area contributed by atoms with E-state index in [1.165, 1.54) is 44.9 Å². The Balaban J connectivity index is 1.74. The number of hydrogen-bond donors (Lipinski definition) is 1. The molecule has 1 aromatic carbocycles. The first-order chi connectivity index (χ1) is 10.3. The Morgan fingerprint density at radius 2 is 1.52 bits per heavy atom. The van der Waals surface area contributed by atoms with Crippen LogP contribution in [0.2, 0.25) is 0 Å². The molecule has 0 unspecified atom stereocenters. The number of fused-ring (bicyclic) bond motifs is 1. The van der Waals surface area contributed by atoms with Gasteiger partial charge in [0.25, 0.3) is 0 Å². The van der Waals surface area contributed by atoms with Crippen LogP contribution >= 0.6 is 0 Å². The van der Waals surface area contributed by atoms with Gasteiger partial charge in [-0.05, 0) is 18.6 Å². The monoisotopic (exact) mass is 285 g/mol. The van der Waals surface area contributed by atoms with E-state index in [4.69, 9.17) is 5.73 Å². The molecule has 2 rings (SSSR count). The van der Waals surface area contributed by atoms with Gasteiger partial charge in [-0.25, -0.2) is 9.97 Å². The molecule has 0 atom stereocenters. The molecule has 0 aliphatic rings. The van der Waals surface area contributed by atoms with Gasteiger partial charge in [-0.3, -0.25) is 0 Å². The molecule has 3 heteroatoms. The van der Waals surface area contributed by atoms with Crippen LogP contribution in [0.3, 0.4) is 0 Å². The van der Waals surface area contributed by atoms with Gasteiger partial charge in [-0.15, -0.1) is 0 Å². The average Bonchev–Trinajstić information content (AvgIpc) is 2.50. The van der Waals surface area contributed by atoms with E-state index in [9.17, 15) is 0 Å². The van der Waals surface area contributed by atoms with Crippen LogP contribution in [0.4, 0.5) is 5.82 Å². The van der Waals surface area contributed by atoms with E-state index in [2.05, 4.69) is 16.9 Å². The van der Waals surface area contributed by atoms with Gasteiger partial charge in [0.2, 0.25) is 0 Å². The smallest absolute Gasteiger partial charge is 0.135 e. The summed E-state index contributed by atoms with van der Waals surface area (Å²) in [5.41, 5.74) is 6.96. The zero-order valence-electron chi connectivity index (χ0n) is 13.1. The molecule has 2 aromatic rings. The molecule has 1 heterocycles. The molecule has 114 valence electrons. The largest absolute Gasteiger partial charge is 0.383 e. The summed E-state index contributed by atoms with van der Waals surface area (Å²) < 4.78 is 0. The zero-order valence-corrected chi connectivity index (χ0v) is 13.1. The number of aryl methyl sites for hydroxylation is 1. The van der Waals surface area contributed by atoms with Crippen LogP contribution in [-0.2, 0) is 6.42 Å². The predicted molar refractivity (Wildman–Crippen MR) is 90.3 cm³/mol. The molecule has 0 radical (unpaired) electrons. The van der Waals surface area contributed by atoms with Gasteiger partial charge in [-0.2, -0.15) is 0 Å². The quantitative estimate of drug-likeness (QED) is 0.667. The highest BCUT2D eigenvalue weighted by molar-refractivity contribution is 5.87. The maximum atomic E-state index is 6.00. The van der Waals surface area contributed by atoms with E-state index in [1.807, 2.05) is 24.3 Å². The Kier molecular flexibility index (Phi) is 6.45. The van der Waals surface area contributed by atoms with Crippen LogP contribution in [0.1, 0.15) is 64.1 Å². The average molecular weight is 285 g/mol. The Bertz CT molecular complexity index is 551. The number of rotatable bonds is 9. The van der Waals surface area contributed by atoms with Crippen LogP contribution in [-0.4, -0.2) is 9.97 Å². The highest BCUT2D eigenvalue weighted by atomic mass is 14.9. The summed E-state index contributed by atoms with van der Waals surface area (Å²) in [5.74, 6) is 1.49. The molecule has 0 aliphatic carbocycles. The Morgan fingerprint density at radius 1 is 0.857 bits per heavy atom. The number of hydrogen-bond acceptors (Lipinski definition) is 3. The van der Waals surface area contributed by atoms with E-state index in [1.54, 1.807) is 0 Å². The third-order valence-electron chi connectivity index (χ3n) is 3.93. The molecule has 1 aromatic heterocycles. The van der Waals surface area contributed by atoms with Gasteiger partial charge < -0.3 is 5.73 Å². The number of nitrogens with zero attached hydrogens (tertiary/aromatic N) is 2. The van der Waals surface area contributed by atoms with E-state index in [0.29, 0.717) is 5.82 Å². The van der Waals surface area contributed by atoms with Gasteiger partial charge in [0, 0.05) is 11.8 Å². The van der Waals surface area contributed by atoms with Crippen molar-refractivity contribution in [2.24, 2.45) is 0 Å². The second kappa shape index (κ2) is 8.60. The first-order valence-electron chi connectivity index (χ1n) is 8.32. The summed E-state index contributed by atoms with van der Waals surface area (Å²) in [6, 6.07) is 7.95. The zero-order chi connectivity index (χ0) is 14.9. The SMILES string of the molecule is CCCCCCCCCCc1nc(N)c2ccccc2n1. The summed E-state index contributed by atoms with van der Waals surface area (Å²) in [7, 11) is 0. The van der Waals surface area contributed by atoms with E-state index < -0.39 is 0 Å². The number of benzene rings is 1. The van der Waals surface area contributed by atoms with E-state index in [-0.39, 0.29) is 0 Å². The second-order valence-corrected chi connectivity index (χ2v) is 5.77. The molecular formula is C18H27N3.